The summed E-state index contributed by atoms with van der Waals surface area (Å²) in [6, 6.07) is 1.71. The zero-order valence-electron chi connectivity index (χ0n) is 17.9. The van der Waals surface area contributed by atoms with Gasteiger partial charge in [-0.25, -0.2) is 0 Å². The Bertz CT molecular complexity index is 1190. The molecule has 7 nitrogen and oxygen atoms in total. The van der Waals surface area contributed by atoms with Crippen molar-refractivity contribution in [1.29, 1.82) is 0 Å². The van der Waals surface area contributed by atoms with Gasteiger partial charge in [-0.2, -0.15) is 23.3 Å². The topological polar surface area (TPSA) is 89.6 Å². The predicted molar refractivity (Wildman–Crippen MR) is 108 cm³/mol. The first-order valence-electron chi connectivity index (χ1n) is 10.2. The van der Waals surface area contributed by atoms with E-state index in [-0.39, 0.29) is 22.7 Å². The van der Waals surface area contributed by atoms with Crippen molar-refractivity contribution < 1.29 is 17.7 Å². The van der Waals surface area contributed by atoms with E-state index >= 15 is 0 Å². The molecule has 0 aromatic carbocycles. The van der Waals surface area contributed by atoms with Crippen LogP contribution in [0.25, 0.3) is 23.0 Å². The van der Waals surface area contributed by atoms with Gasteiger partial charge in [-0.3, -0.25) is 9.48 Å². The van der Waals surface area contributed by atoms with Crippen molar-refractivity contribution in [3.63, 3.8) is 0 Å². The Morgan fingerprint density at radius 1 is 1.32 bits per heavy atom. The average Bonchev–Trinajstić information content (AvgIpc) is 3.25. The van der Waals surface area contributed by atoms with Crippen LogP contribution in [0, 0.1) is 12.3 Å². The Labute approximate surface area is 176 Å². The minimum Gasteiger partial charge on any atom is -0.332 e. The van der Waals surface area contributed by atoms with E-state index in [9.17, 15) is 18.0 Å². The number of rotatable bonds is 4. The van der Waals surface area contributed by atoms with Crippen LogP contribution in [0.2, 0.25) is 0 Å². The minimum atomic E-state index is -4.39. The molecule has 0 radical (unpaired) electrons. The van der Waals surface area contributed by atoms with Crippen molar-refractivity contribution in [2.45, 2.75) is 66.1 Å². The van der Waals surface area contributed by atoms with Gasteiger partial charge in [-0.15, -0.1) is 0 Å². The first-order chi connectivity index (χ1) is 14.5. The first-order valence-corrected chi connectivity index (χ1v) is 10.2. The van der Waals surface area contributed by atoms with Gasteiger partial charge >= 0.3 is 6.18 Å². The lowest BCUT2D eigenvalue weighted by Gasteiger charge is -2.30. The molecule has 31 heavy (non-hydrogen) atoms. The molecule has 4 rings (SSSR count). The molecule has 1 N–H and O–H groups in total. The summed E-state index contributed by atoms with van der Waals surface area (Å²) >= 11 is 0. The molecule has 1 aliphatic rings. The Morgan fingerprint density at radius 2 is 2.06 bits per heavy atom. The maximum Gasteiger partial charge on any atom is 0.408 e. The zero-order valence-corrected chi connectivity index (χ0v) is 17.9. The van der Waals surface area contributed by atoms with Gasteiger partial charge in [0.1, 0.15) is 6.54 Å². The number of nitrogens with one attached hydrogen (secondary N) is 1. The van der Waals surface area contributed by atoms with Crippen LogP contribution in [0.1, 0.15) is 49.7 Å². The van der Waals surface area contributed by atoms with Gasteiger partial charge in [0.25, 0.3) is 11.4 Å². The number of fused-ring (bicyclic) bond motifs is 1. The van der Waals surface area contributed by atoms with Gasteiger partial charge in [-0.1, -0.05) is 25.9 Å². The lowest BCUT2D eigenvalue weighted by Crippen LogP contribution is -2.27. The standard InChI is InChI=1S/C21H24F3N5O2/c1-5-12-8-14(11(2)25-18(12)30)17-26-19(31-28-17)16-13-6-7-20(3,4)9-15(13)29(27-16)10-21(22,23)24/h8H,5-7,9-10H2,1-4H3,(H,25,30). The highest BCUT2D eigenvalue weighted by Gasteiger charge is 2.36. The normalized spacial score (nSPS) is 15.8. The quantitative estimate of drug-likeness (QED) is 0.662. The van der Waals surface area contributed by atoms with Crippen molar-refractivity contribution in [3.8, 4) is 23.0 Å². The summed E-state index contributed by atoms with van der Waals surface area (Å²) in [6.45, 7) is 6.51. The third kappa shape index (κ3) is 4.15. The largest absolute Gasteiger partial charge is 0.408 e. The van der Waals surface area contributed by atoms with Gasteiger partial charge in [0.05, 0.1) is 0 Å². The molecule has 3 heterocycles. The van der Waals surface area contributed by atoms with Crippen LogP contribution >= 0.6 is 0 Å². The molecule has 0 saturated heterocycles. The molecule has 0 fully saturated rings. The number of aryl methyl sites for hydroxylation is 2. The number of H-pyrrole nitrogens is 1. The van der Waals surface area contributed by atoms with E-state index in [1.807, 2.05) is 20.8 Å². The number of pyridine rings is 1. The molecule has 0 unspecified atom stereocenters. The molecule has 0 atom stereocenters. The molecule has 0 saturated carbocycles. The molecule has 166 valence electrons. The van der Waals surface area contributed by atoms with Crippen molar-refractivity contribution in [3.05, 3.63) is 38.9 Å². The molecular weight excluding hydrogens is 411 g/mol. The molecular formula is C21H24F3N5O2. The number of aromatic amines is 1. The maximum atomic E-state index is 13.1. The summed E-state index contributed by atoms with van der Waals surface area (Å²) in [4.78, 5) is 19.2. The summed E-state index contributed by atoms with van der Waals surface area (Å²) in [5, 5.41) is 8.24. The van der Waals surface area contributed by atoms with Gasteiger partial charge in [0.2, 0.25) is 5.82 Å². The maximum absolute atomic E-state index is 13.1. The zero-order chi connectivity index (χ0) is 22.6. The van der Waals surface area contributed by atoms with Gasteiger partial charge in [0.15, 0.2) is 5.69 Å². The molecule has 1 aliphatic carbocycles. The second-order valence-electron chi connectivity index (χ2n) is 8.83. The highest BCUT2D eigenvalue weighted by atomic mass is 19.4. The highest BCUT2D eigenvalue weighted by Crippen LogP contribution is 2.39. The lowest BCUT2D eigenvalue weighted by atomic mass is 9.76. The summed E-state index contributed by atoms with van der Waals surface area (Å²) in [6.07, 6.45) is -1.94. The fourth-order valence-corrected chi connectivity index (χ4v) is 4.06. The highest BCUT2D eigenvalue weighted by molar-refractivity contribution is 5.62. The van der Waals surface area contributed by atoms with Crippen molar-refractivity contribution >= 4 is 0 Å². The van der Waals surface area contributed by atoms with E-state index in [0.29, 0.717) is 47.5 Å². The van der Waals surface area contributed by atoms with E-state index < -0.39 is 12.7 Å². The SMILES string of the molecule is CCc1cc(-c2noc(-c3nn(CC(F)(F)F)c4c3CCC(C)(C)C4)n2)c(C)[nH]c1=O. The third-order valence-corrected chi connectivity index (χ3v) is 5.76. The van der Waals surface area contributed by atoms with Crippen LogP contribution < -0.4 is 5.56 Å². The van der Waals surface area contributed by atoms with E-state index in [0.717, 1.165) is 16.7 Å². The van der Waals surface area contributed by atoms with Crippen molar-refractivity contribution in [2.24, 2.45) is 5.41 Å². The number of aromatic nitrogens is 5. The Balaban J connectivity index is 1.79. The molecule has 3 aromatic heterocycles. The minimum absolute atomic E-state index is 0.0792. The molecule has 0 bridgehead atoms. The molecule has 10 heteroatoms. The smallest absolute Gasteiger partial charge is 0.332 e. The Kier molecular flexibility index (Phi) is 5.06. The summed E-state index contributed by atoms with van der Waals surface area (Å²) in [7, 11) is 0. The van der Waals surface area contributed by atoms with Gasteiger partial charge < -0.3 is 9.51 Å². The third-order valence-electron chi connectivity index (χ3n) is 5.76. The second-order valence-corrected chi connectivity index (χ2v) is 8.83. The summed E-state index contributed by atoms with van der Waals surface area (Å²) < 4.78 is 45.9. The van der Waals surface area contributed by atoms with Gasteiger partial charge in [0, 0.05) is 28.1 Å². The number of nitrogens with zero attached hydrogens (tertiary/aromatic N) is 4. The number of alkyl halides is 3. The van der Waals surface area contributed by atoms with Crippen LogP contribution in [-0.2, 0) is 25.8 Å². The predicted octanol–water partition coefficient (Wildman–Crippen LogP) is 4.24. The summed E-state index contributed by atoms with van der Waals surface area (Å²) in [5.41, 5.74) is 3.08. The van der Waals surface area contributed by atoms with Gasteiger partial charge in [-0.05, 0) is 44.1 Å². The van der Waals surface area contributed by atoms with Crippen LogP contribution in [0.5, 0.6) is 0 Å². The Morgan fingerprint density at radius 3 is 2.74 bits per heavy atom. The number of halogens is 3. The average molecular weight is 435 g/mol. The first kappa shape index (κ1) is 21.3. The fourth-order valence-electron chi connectivity index (χ4n) is 4.06. The lowest BCUT2D eigenvalue weighted by molar-refractivity contribution is -0.143. The van der Waals surface area contributed by atoms with Crippen molar-refractivity contribution in [1.82, 2.24) is 24.9 Å². The van der Waals surface area contributed by atoms with E-state index in [1.165, 1.54) is 0 Å². The fraction of sp³-hybridized carbons (Fsp3) is 0.524. The Hall–Kier alpha value is -2.91. The van der Waals surface area contributed by atoms with E-state index in [4.69, 9.17) is 4.52 Å². The van der Waals surface area contributed by atoms with Crippen LogP contribution in [0.4, 0.5) is 13.2 Å². The van der Waals surface area contributed by atoms with E-state index in [2.05, 4.69) is 20.2 Å². The molecule has 0 amide bonds. The summed E-state index contributed by atoms with van der Waals surface area (Å²) in [5.74, 6) is 0.337. The molecule has 0 spiro atoms. The molecule has 3 aromatic rings. The number of hydrogen-bond donors (Lipinski definition) is 1. The van der Waals surface area contributed by atoms with Crippen LogP contribution in [-0.4, -0.2) is 31.1 Å². The van der Waals surface area contributed by atoms with E-state index in [1.54, 1.807) is 13.0 Å². The van der Waals surface area contributed by atoms with Crippen molar-refractivity contribution in [2.75, 3.05) is 0 Å². The molecule has 0 aliphatic heterocycles. The monoisotopic (exact) mass is 435 g/mol. The second kappa shape index (κ2) is 7.35. The van der Waals surface area contributed by atoms with Crippen LogP contribution in [0.15, 0.2) is 15.4 Å². The van der Waals surface area contributed by atoms with Crippen LogP contribution in [0.3, 0.4) is 0 Å². The number of hydrogen-bond acceptors (Lipinski definition) is 5.